The maximum absolute atomic E-state index is 12.3. The van der Waals surface area contributed by atoms with E-state index in [9.17, 15) is 14.7 Å². The Morgan fingerprint density at radius 1 is 0.900 bits per heavy atom. The fraction of sp³-hybridized carbons (Fsp3) is 1.00. The number of phosphoric ester groups is 1. The van der Waals surface area contributed by atoms with Gasteiger partial charge < -0.3 is 0 Å². The Bertz CT molecular complexity index is 286. The molecule has 0 spiro atoms. The third-order valence-electron chi connectivity index (χ3n) is 2.48. The molecule has 0 atom stereocenters. The smallest absolute Gasteiger partial charge is 0.287 e. The standard InChI is InChI=1S/C12H26NO6P/c1-3-5-10-17-20(16,18-11-6-4-2)19-12-8-7-9-13(14)15/h3-12H2,1-2H3. The summed E-state index contributed by atoms with van der Waals surface area (Å²) in [5.74, 6) is 0. The van der Waals surface area contributed by atoms with Gasteiger partial charge in [0, 0.05) is 11.3 Å². The third-order valence-corrected chi connectivity index (χ3v) is 3.98. The normalized spacial score (nSPS) is 11.7. The second-order valence-corrected chi connectivity index (χ2v) is 6.09. The summed E-state index contributed by atoms with van der Waals surface area (Å²) < 4.78 is 27.9. The van der Waals surface area contributed by atoms with Crippen LogP contribution in [-0.2, 0) is 18.1 Å². The van der Waals surface area contributed by atoms with Crippen molar-refractivity contribution in [2.45, 2.75) is 52.4 Å². The summed E-state index contributed by atoms with van der Waals surface area (Å²) in [5, 5.41) is 10.2. The molecule has 0 amide bonds. The minimum atomic E-state index is -3.51. The van der Waals surface area contributed by atoms with Gasteiger partial charge in [-0.25, -0.2) is 4.57 Å². The lowest BCUT2D eigenvalue weighted by Gasteiger charge is -2.17. The van der Waals surface area contributed by atoms with Gasteiger partial charge in [-0.05, 0) is 19.3 Å². The van der Waals surface area contributed by atoms with Gasteiger partial charge in [-0.15, -0.1) is 0 Å². The number of hydrogen-bond donors (Lipinski definition) is 0. The molecule has 0 aromatic heterocycles. The zero-order valence-corrected chi connectivity index (χ0v) is 13.3. The first-order chi connectivity index (χ1) is 9.54. The number of nitrogens with zero attached hydrogens (tertiary/aromatic N) is 1. The van der Waals surface area contributed by atoms with Gasteiger partial charge in [-0.2, -0.15) is 0 Å². The Morgan fingerprint density at radius 3 is 1.75 bits per heavy atom. The fourth-order valence-corrected chi connectivity index (χ4v) is 2.55. The van der Waals surface area contributed by atoms with Crippen molar-refractivity contribution >= 4 is 7.82 Å². The predicted molar refractivity (Wildman–Crippen MR) is 76.4 cm³/mol. The molecule has 0 aliphatic heterocycles. The van der Waals surface area contributed by atoms with Crippen LogP contribution in [0.1, 0.15) is 52.4 Å². The first-order valence-electron chi connectivity index (χ1n) is 7.19. The van der Waals surface area contributed by atoms with Gasteiger partial charge >= 0.3 is 7.82 Å². The zero-order valence-electron chi connectivity index (χ0n) is 12.4. The summed E-state index contributed by atoms with van der Waals surface area (Å²) in [6, 6.07) is 0. The quantitative estimate of drug-likeness (QED) is 0.210. The number of phosphoric acid groups is 1. The Hall–Kier alpha value is -0.490. The lowest BCUT2D eigenvalue weighted by molar-refractivity contribution is -0.480. The Balaban J connectivity index is 4.02. The first kappa shape index (κ1) is 19.5. The van der Waals surface area contributed by atoms with Crippen molar-refractivity contribution in [1.82, 2.24) is 0 Å². The lowest BCUT2D eigenvalue weighted by atomic mass is 10.3. The van der Waals surface area contributed by atoms with E-state index >= 15 is 0 Å². The van der Waals surface area contributed by atoms with Gasteiger partial charge in [0.1, 0.15) is 0 Å². The molecule has 0 aromatic carbocycles. The molecule has 0 saturated heterocycles. The van der Waals surface area contributed by atoms with Crippen LogP contribution in [0.15, 0.2) is 0 Å². The van der Waals surface area contributed by atoms with Crippen molar-refractivity contribution in [2.24, 2.45) is 0 Å². The third kappa shape index (κ3) is 11.3. The molecule has 0 radical (unpaired) electrons. The van der Waals surface area contributed by atoms with Crippen LogP contribution in [-0.4, -0.2) is 31.3 Å². The van der Waals surface area contributed by atoms with E-state index in [0.29, 0.717) is 26.1 Å². The van der Waals surface area contributed by atoms with E-state index in [-0.39, 0.29) is 18.1 Å². The van der Waals surface area contributed by atoms with E-state index in [2.05, 4.69) is 0 Å². The van der Waals surface area contributed by atoms with E-state index < -0.39 is 7.82 Å². The van der Waals surface area contributed by atoms with Gasteiger partial charge in [0.25, 0.3) is 0 Å². The first-order valence-corrected chi connectivity index (χ1v) is 8.65. The molecule has 20 heavy (non-hydrogen) atoms. The van der Waals surface area contributed by atoms with Crippen LogP contribution in [0.2, 0.25) is 0 Å². The summed E-state index contributed by atoms with van der Waals surface area (Å²) in [7, 11) is -3.51. The van der Waals surface area contributed by atoms with Crippen LogP contribution in [0.25, 0.3) is 0 Å². The molecule has 0 aromatic rings. The van der Waals surface area contributed by atoms with Crippen LogP contribution in [0.3, 0.4) is 0 Å². The summed E-state index contributed by atoms with van der Waals surface area (Å²) in [4.78, 5) is 9.79. The number of unbranched alkanes of at least 4 members (excludes halogenated alkanes) is 3. The summed E-state index contributed by atoms with van der Waals surface area (Å²) in [5.41, 5.74) is 0. The van der Waals surface area contributed by atoms with Crippen LogP contribution >= 0.6 is 7.82 Å². The average Bonchev–Trinajstić information content (AvgIpc) is 2.39. The second kappa shape index (κ2) is 12.3. The highest BCUT2D eigenvalue weighted by molar-refractivity contribution is 7.48. The van der Waals surface area contributed by atoms with E-state index in [1.165, 1.54) is 0 Å². The lowest BCUT2D eigenvalue weighted by Crippen LogP contribution is -2.06. The average molecular weight is 311 g/mol. The molecule has 0 rings (SSSR count). The highest BCUT2D eigenvalue weighted by Crippen LogP contribution is 2.49. The van der Waals surface area contributed by atoms with Gasteiger partial charge in [0.2, 0.25) is 6.54 Å². The molecule has 120 valence electrons. The largest absolute Gasteiger partial charge is 0.474 e. The molecule has 7 nitrogen and oxygen atoms in total. The highest BCUT2D eigenvalue weighted by Gasteiger charge is 2.26. The molecule has 0 aliphatic carbocycles. The van der Waals surface area contributed by atoms with Crippen LogP contribution < -0.4 is 0 Å². The minimum absolute atomic E-state index is 0.110. The van der Waals surface area contributed by atoms with Crippen LogP contribution in [0, 0.1) is 10.1 Å². The Morgan fingerprint density at radius 2 is 1.35 bits per heavy atom. The molecule has 0 bridgehead atoms. The molecule has 0 heterocycles. The number of hydrogen-bond acceptors (Lipinski definition) is 6. The zero-order chi connectivity index (χ0) is 15.3. The van der Waals surface area contributed by atoms with E-state index in [1.54, 1.807) is 0 Å². The number of nitro groups is 1. The van der Waals surface area contributed by atoms with Gasteiger partial charge in [0.05, 0.1) is 19.8 Å². The second-order valence-electron chi connectivity index (χ2n) is 4.42. The van der Waals surface area contributed by atoms with Crippen molar-refractivity contribution in [3.8, 4) is 0 Å². The molecule has 0 fully saturated rings. The van der Waals surface area contributed by atoms with Crippen molar-refractivity contribution in [3.63, 3.8) is 0 Å². The maximum atomic E-state index is 12.3. The van der Waals surface area contributed by atoms with Crippen LogP contribution in [0.4, 0.5) is 0 Å². The number of rotatable bonds is 14. The van der Waals surface area contributed by atoms with Gasteiger partial charge in [-0.1, -0.05) is 26.7 Å². The topological polar surface area (TPSA) is 87.9 Å². The fourth-order valence-electron chi connectivity index (χ4n) is 1.27. The van der Waals surface area contributed by atoms with Gasteiger partial charge in [0.15, 0.2) is 0 Å². The highest BCUT2D eigenvalue weighted by atomic mass is 31.2. The molecule has 0 N–H and O–H groups in total. The van der Waals surface area contributed by atoms with E-state index in [0.717, 1.165) is 25.7 Å². The van der Waals surface area contributed by atoms with Crippen molar-refractivity contribution in [2.75, 3.05) is 26.4 Å². The Kier molecular flexibility index (Phi) is 12.0. The molecule has 0 saturated carbocycles. The van der Waals surface area contributed by atoms with Crippen molar-refractivity contribution in [3.05, 3.63) is 10.1 Å². The molecular weight excluding hydrogens is 285 g/mol. The monoisotopic (exact) mass is 311 g/mol. The SMILES string of the molecule is CCCCOP(=O)(OCCCC)OCCCC[N+](=O)[O-]. The molecule has 0 unspecified atom stereocenters. The maximum Gasteiger partial charge on any atom is 0.474 e. The van der Waals surface area contributed by atoms with Crippen LogP contribution in [0.5, 0.6) is 0 Å². The van der Waals surface area contributed by atoms with Crippen molar-refractivity contribution in [1.29, 1.82) is 0 Å². The molecule has 8 heteroatoms. The van der Waals surface area contributed by atoms with E-state index in [1.807, 2.05) is 13.8 Å². The van der Waals surface area contributed by atoms with Gasteiger partial charge in [-0.3, -0.25) is 23.7 Å². The summed E-state index contributed by atoms with van der Waals surface area (Å²) in [6.45, 7) is 4.70. The summed E-state index contributed by atoms with van der Waals surface area (Å²) in [6.07, 6.45) is 4.27. The summed E-state index contributed by atoms with van der Waals surface area (Å²) >= 11 is 0. The molecule has 0 aliphatic rings. The Labute approximate surface area is 120 Å². The van der Waals surface area contributed by atoms with Crippen molar-refractivity contribution < 1.29 is 23.1 Å². The van der Waals surface area contributed by atoms with E-state index in [4.69, 9.17) is 13.6 Å². The minimum Gasteiger partial charge on any atom is -0.287 e. The predicted octanol–water partition coefficient (Wildman–Crippen LogP) is 3.80. The molecular formula is C12H26NO6P.